The molecule has 190 valence electrons. The number of anilines is 1. The predicted octanol–water partition coefficient (Wildman–Crippen LogP) is 4.61. The number of nitrogens with zero attached hydrogens (tertiary/aromatic N) is 3. The number of aromatic amines is 1. The van der Waals surface area contributed by atoms with Gasteiger partial charge in [-0.15, -0.1) is 12.4 Å². The Labute approximate surface area is 220 Å². The molecule has 37 heavy (non-hydrogen) atoms. The average molecular weight is 519 g/mol. The van der Waals surface area contributed by atoms with Crippen LogP contribution in [0.1, 0.15) is 27.0 Å². The van der Waals surface area contributed by atoms with E-state index >= 15 is 0 Å². The van der Waals surface area contributed by atoms with Crippen molar-refractivity contribution in [1.82, 2.24) is 9.88 Å². The summed E-state index contributed by atoms with van der Waals surface area (Å²) in [6, 6.07) is 20.0. The number of amides is 1. The number of carbonyl (C=O) groups is 2. The number of rotatable bonds is 6. The monoisotopic (exact) mass is 518 g/mol. The molecule has 0 spiro atoms. The first-order valence-electron chi connectivity index (χ1n) is 11.6. The zero-order chi connectivity index (χ0) is 25.4. The van der Waals surface area contributed by atoms with E-state index in [1.165, 1.54) is 12.1 Å². The maximum atomic E-state index is 12.6. The molecule has 0 fully saturated rings. The van der Waals surface area contributed by atoms with Gasteiger partial charge in [-0.1, -0.05) is 36.4 Å². The van der Waals surface area contributed by atoms with Gasteiger partial charge in [0.25, 0.3) is 0 Å². The van der Waals surface area contributed by atoms with Gasteiger partial charge in [0, 0.05) is 28.7 Å². The number of benzene rings is 3. The number of likely N-dealkylation sites (N-methyl/N-ethyl adjacent to an activating group) is 1. The Hall–Kier alpha value is -4.14. The molecule has 1 aliphatic rings. The molecule has 0 radical (unpaired) electrons. The maximum absolute atomic E-state index is 12.6. The molecule has 8 nitrogen and oxygen atoms in total. The van der Waals surface area contributed by atoms with Crippen LogP contribution >= 0.6 is 12.4 Å². The second kappa shape index (κ2) is 10.5. The van der Waals surface area contributed by atoms with Crippen LogP contribution in [-0.2, 0) is 11.2 Å². The van der Waals surface area contributed by atoms with E-state index in [4.69, 9.17) is 4.99 Å². The van der Waals surface area contributed by atoms with Gasteiger partial charge in [0.05, 0.1) is 29.1 Å². The standard InChI is InChI=1S/C28H26N4O4.ClH/c1-31(2)16-24(33)32-13-12-18-14-20(9-11-23(18)32)29-26(17-6-4-3-5-7-17)25-21-10-8-19(28(35)36)15-22(21)30-27(25)34;/h3-11,14-15,30,34H,12-13,16H2,1-2H3,(H,35,36);1H. The minimum Gasteiger partial charge on any atom is -0.494 e. The number of nitrogens with one attached hydrogen (secondary N) is 1. The SMILES string of the molecule is CN(C)CC(=O)N1CCc2cc(N=C(c3ccccc3)c3c(O)[nH]c4cc(C(=O)O)ccc34)ccc21.Cl. The van der Waals surface area contributed by atoms with Crippen LogP contribution in [0.5, 0.6) is 5.88 Å². The van der Waals surface area contributed by atoms with Crippen molar-refractivity contribution in [3.63, 3.8) is 0 Å². The van der Waals surface area contributed by atoms with Crippen LogP contribution in [0.4, 0.5) is 11.4 Å². The Morgan fingerprint density at radius 2 is 1.78 bits per heavy atom. The molecule has 2 heterocycles. The first kappa shape index (κ1) is 25.9. The Balaban J connectivity index is 0.00000320. The number of hydrogen-bond donors (Lipinski definition) is 3. The molecule has 0 saturated carbocycles. The zero-order valence-corrected chi connectivity index (χ0v) is 21.2. The Bertz CT molecular complexity index is 1510. The first-order chi connectivity index (χ1) is 17.3. The number of aromatic hydroxyl groups is 1. The number of carboxylic acid groups (broad SMARTS) is 1. The van der Waals surface area contributed by atoms with Gasteiger partial charge in [-0.3, -0.25) is 4.79 Å². The summed E-state index contributed by atoms with van der Waals surface area (Å²) in [6.45, 7) is 0.983. The number of aromatic carboxylic acids is 1. The highest BCUT2D eigenvalue weighted by Gasteiger charge is 2.25. The third-order valence-electron chi connectivity index (χ3n) is 6.26. The lowest BCUT2D eigenvalue weighted by atomic mass is 10.00. The summed E-state index contributed by atoms with van der Waals surface area (Å²) < 4.78 is 0. The number of halogens is 1. The van der Waals surface area contributed by atoms with E-state index in [9.17, 15) is 19.8 Å². The number of H-pyrrole nitrogens is 1. The molecular weight excluding hydrogens is 492 g/mol. The van der Waals surface area contributed by atoms with Crippen LogP contribution in [0, 0.1) is 0 Å². The van der Waals surface area contributed by atoms with Crippen LogP contribution in [0.2, 0.25) is 0 Å². The van der Waals surface area contributed by atoms with E-state index in [0.29, 0.717) is 41.0 Å². The molecular formula is C28H27ClN4O4. The van der Waals surface area contributed by atoms with Crippen molar-refractivity contribution in [2.75, 3.05) is 32.1 Å². The molecule has 1 aliphatic heterocycles. The Morgan fingerprint density at radius 3 is 2.49 bits per heavy atom. The largest absolute Gasteiger partial charge is 0.494 e. The fourth-order valence-corrected chi connectivity index (χ4v) is 4.62. The second-order valence-corrected chi connectivity index (χ2v) is 9.09. The van der Waals surface area contributed by atoms with Gasteiger partial charge >= 0.3 is 5.97 Å². The minimum absolute atomic E-state index is 0. The summed E-state index contributed by atoms with van der Waals surface area (Å²) in [7, 11) is 3.75. The fourth-order valence-electron chi connectivity index (χ4n) is 4.62. The van der Waals surface area contributed by atoms with Crippen molar-refractivity contribution in [3.05, 3.63) is 89.0 Å². The van der Waals surface area contributed by atoms with Crippen LogP contribution < -0.4 is 4.90 Å². The van der Waals surface area contributed by atoms with Gasteiger partial charge in [-0.25, -0.2) is 9.79 Å². The highest BCUT2D eigenvalue weighted by atomic mass is 35.5. The second-order valence-electron chi connectivity index (χ2n) is 9.09. The number of carbonyl (C=O) groups excluding carboxylic acids is 1. The molecule has 4 aromatic rings. The lowest BCUT2D eigenvalue weighted by Crippen LogP contribution is -2.36. The maximum Gasteiger partial charge on any atom is 0.335 e. The molecule has 0 saturated heterocycles. The molecule has 0 bridgehead atoms. The number of aromatic nitrogens is 1. The smallest absolute Gasteiger partial charge is 0.335 e. The molecule has 0 unspecified atom stereocenters. The molecule has 0 atom stereocenters. The van der Waals surface area contributed by atoms with Gasteiger partial charge in [0.2, 0.25) is 5.91 Å². The number of hydrogen-bond acceptors (Lipinski definition) is 5. The van der Waals surface area contributed by atoms with Crippen molar-refractivity contribution in [1.29, 1.82) is 0 Å². The average Bonchev–Trinajstić information content (AvgIpc) is 3.42. The predicted molar refractivity (Wildman–Crippen MR) is 147 cm³/mol. The number of aliphatic imine (C=N–C) groups is 1. The molecule has 5 rings (SSSR count). The molecule has 3 aromatic carbocycles. The third kappa shape index (κ3) is 5.07. The molecule has 0 aliphatic carbocycles. The van der Waals surface area contributed by atoms with Crippen LogP contribution in [0.25, 0.3) is 10.9 Å². The lowest BCUT2D eigenvalue weighted by Gasteiger charge is -2.19. The summed E-state index contributed by atoms with van der Waals surface area (Å²) in [6.07, 6.45) is 0.745. The van der Waals surface area contributed by atoms with Crippen molar-refractivity contribution in [3.8, 4) is 5.88 Å². The van der Waals surface area contributed by atoms with E-state index < -0.39 is 5.97 Å². The third-order valence-corrected chi connectivity index (χ3v) is 6.26. The van der Waals surface area contributed by atoms with Gasteiger partial charge in [0.1, 0.15) is 0 Å². The molecule has 1 aromatic heterocycles. The van der Waals surface area contributed by atoms with E-state index in [1.807, 2.05) is 72.4 Å². The van der Waals surface area contributed by atoms with Gasteiger partial charge in [-0.2, -0.15) is 0 Å². The van der Waals surface area contributed by atoms with Gasteiger partial charge in [0.15, 0.2) is 5.88 Å². The number of carboxylic acids is 1. The van der Waals surface area contributed by atoms with Crippen LogP contribution in [0.15, 0.2) is 71.7 Å². The van der Waals surface area contributed by atoms with E-state index in [-0.39, 0.29) is 29.8 Å². The first-order valence-corrected chi connectivity index (χ1v) is 11.6. The lowest BCUT2D eigenvalue weighted by molar-refractivity contribution is -0.119. The van der Waals surface area contributed by atoms with Crippen LogP contribution in [-0.4, -0.2) is 64.9 Å². The van der Waals surface area contributed by atoms with Crippen molar-refractivity contribution < 1.29 is 19.8 Å². The number of fused-ring (bicyclic) bond motifs is 2. The Morgan fingerprint density at radius 1 is 1.03 bits per heavy atom. The van der Waals surface area contributed by atoms with Crippen LogP contribution in [0.3, 0.4) is 0 Å². The van der Waals surface area contributed by atoms with E-state index in [1.54, 1.807) is 6.07 Å². The van der Waals surface area contributed by atoms with E-state index in [0.717, 1.165) is 23.2 Å². The molecule has 1 amide bonds. The van der Waals surface area contributed by atoms with Gasteiger partial charge < -0.3 is 25.0 Å². The van der Waals surface area contributed by atoms with Crippen molar-refractivity contribution in [2.45, 2.75) is 6.42 Å². The summed E-state index contributed by atoms with van der Waals surface area (Å²) in [4.78, 5) is 35.6. The van der Waals surface area contributed by atoms with Crippen molar-refractivity contribution in [2.24, 2.45) is 4.99 Å². The normalized spacial score (nSPS) is 13.1. The topological polar surface area (TPSA) is 109 Å². The minimum atomic E-state index is -1.04. The Kier molecular flexibility index (Phi) is 7.33. The summed E-state index contributed by atoms with van der Waals surface area (Å²) >= 11 is 0. The molecule has 3 N–H and O–H groups in total. The molecule has 9 heteroatoms. The highest BCUT2D eigenvalue weighted by molar-refractivity contribution is 6.22. The highest BCUT2D eigenvalue weighted by Crippen LogP contribution is 2.35. The van der Waals surface area contributed by atoms with Crippen molar-refractivity contribution >= 4 is 52.3 Å². The zero-order valence-electron chi connectivity index (χ0n) is 20.4. The van der Waals surface area contributed by atoms with Gasteiger partial charge in [-0.05, 0) is 56.4 Å². The summed E-state index contributed by atoms with van der Waals surface area (Å²) in [5.41, 5.74) is 5.14. The quantitative estimate of drug-likeness (QED) is 0.323. The van der Waals surface area contributed by atoms with E-state index in [2.05, 4.69) is 4.98 Å². The fraction of sp³-hybridized carbons (Fsp3) is 0.179. The summed E-state index contributed by atoms with van der Waals surface area (Å²) in [5, 5.41) is 20.9. The summed E-state index contributed by atoms with van der Waals surface area (Å²) in [5.74, 6) is -1.07.